The van der Waals surface area contributed by atoms with Crippen molar-refractivity contribution in [1.29, 1.82) is 0 Å². The molecule has 0 aliphatic carbocycles. The maximum Gasteiger partial charge on any atom is 0.119 e. The third kappa shape index (κ3) is 4.32. The minimum Gasteiger partial charge on any atom is -0.497 e. The number of aliphatic hydroxyl groups excluding tert-OH is 2. The molecule has 0 aliphatic heterocycles. The van der Waals surface area contributed by atoms with Gasteiger partial charge in [-0.25, -0.2) is 0 Å². The highest BCUT2D eigenvalue weighted by molar-refractivity contribution is 5.28. The molecule has 0 aromatic heterocycles. The van der Waals surface area contributed by atoms with Crippen LogP contribution in [0.1, 0.15) is 18.4 Å². The minimum absolute atomic E-state index is 0.134. The summed E-state index contributed by atoms with van der Waals surface area (Å²) in [5.74, 6) is 0.807. The summed E-state index contributed by atoms with van der Waals surface area (Å²) in [5, 5.41) is 18.3. The predicted octanol–water partition coefficient (Wildman–Crippen LogP) is 1.37. The van der Waals surface area contributed by atoms with Gasteiger partial charge in [0, 0.05) is 6.61 Å². The summed E-state index contributed by atoms with van der Waals surface area (Å²) in [5.41, 5.74) is 1.06. The van der Waals surface area contributed by atoms with Crippen LogP contribution in [0.2, 0.25) is 0 Å². The summed E-state index contributed by atoms with van der Waals surface area (Å²) < 4.78 is 5.10. The Bertz CT molecular complexity index is 286. The second-order valence-corrected chi connectivity index (χ2v) is 3.58. The van der Waals surface area contributed by atoms with E-state index in [4.69, 9.17) is 9.84 Å². The molecule has 0 aliphatic rings. The normalized spacial score (nSPS) is 12.5. The van der Waals surface area contributed by atoms with Gasteiger partial charge in [-0.05, 0) is 37.0 Å². The molecule has 1 rings (SSSR count). The monoisotopic (exact) mass is 210 g/mol. The molecule has 84 valence electrons. The Labute approximate surface area is 90.3 Å². The van der Waals surface area contributed by atoms with Crippen LogP contribution < -0.4 is 4.74 Å². The first-order valence-electron chi connectivity index (χ1n) is 5.18. The first-order valence-corrected chi connectivity index (χ1v) is 5.18. The number of hydrogen-bond donors (Lipinski definition) is 2. The Hall–Kier alpha value is -1.06. The van der Waals surface area contributed by atoms with Gasteiger partial charge in [-0.1, -0.05) is 12.1 Å². The topological polar surface area (TPSA) is 49.7 Å². The van der Waals surface area contributed by atoms with Crippen molar-refractivity contribution in [2.45, 2.75) is 25.4 Å². The second-order valence-electron chi connectivity index (χ2n) is 3.58. The number of ether oxygens (including phenoxy) is 1. The van der Waals surface area contributed by atoms with Crippen LogP contribution in [-0.2, 0) is 6.42 Å². The SMILES string of the molecule is COc1cccc(C[C@H](O)CCCO)c1. The average molecular weight is 210 g/mol. The van der Waals surface area contributed by atoms with E-state index in [1.165, 1.54) is 0 Å². The van der Waals surface area contributed by atoms with Crippen molar-refractivity contribution in [2.24, 2.45) is 0 Å². The molecule has 15 heavy (non-hydrogen) atoms. The van der Waals surface area contributed by atoms with Crippen LogP contribution in [-0.4, -0.2) is 30.0 Å². The van der Waals surface area contributed by atoms with Gasteiger partial charge in [-0.3, -0.25) is 0 Å². The molecular weight excluding hydrogens is 192 g/mol. The van der Waals surface area contributed by atoms with Crippen molar-refractivity contribution in [3.63, 3.8) is 0 Å². The van der Waals surface area contributed by atoms with E-state index in [0.717, 1.165) is 11.3 Å². The molecule has 0 spiro atoms. The van der Waals surface area contributed by atoms with Crippen LogP contribution in [0, 0.1) is 0 Å². The van der Waals surface area contributed by atoms with Gasteiger partial charge in [0.05, 0.1) is 13.2 Å². The molecular formula is C12H18O3. The summed E-state index contributed by atoms with van der Waals surface area (Å²) in [7, 11) is 1.63. The van der Waals surface area contributed by atoms with Gasteiger partial charge in [-0.2, -0.15) is 0 Å². The van der Waals surface area contributed by atoms with Crippen LogP contribution in [0.4, 0.5) is 0 Å². The van der Waals surface area contributed by atoms with E-state index in [9.17, 15) is 5.11 Å². The summed E-state index contributed by atoms with van der Waals surface area (Å²) >= 11 is 0. The van der Waals surface area contributed by atoms with Gasteiger partial charge in [0.25, 0.3) is 0 Å². The van der Waals surface area contributed by atoms with Gasteiger partial charge in [0.15, 0.2) is 0 Å². The molecule has 0 amide bonds. The highest BCUT2D eigenvalue weighted by Crippen LogP contribution is 2.15. The molecule has 0 bridgehead atoms. The highest BCUT2D eigenvalue weighted by Gasteiger charge is 2.05. The van der Waals surface area contributed by atoms with Crippen molar-refractivity contribution < 1.29 is 14.9 Å². The molecule has 1 aromatic carbocycles. The van der Waals surface area contributed by atoms with Crippen LogP contribution in [0.25, 0.3) is 0 Å². The third-order valence-electron chi connectivity index (χ3n) is 2.30. The molecule has 0 heterocycles. The number of methoxy groups -OCH3 is 1. The molecule has 1 atom stereocenters. The Morgan fingerprint density at radius 1 is 1.40 bits per heavy atom. The maximum absolute atomic E-state index is 9.65. The Morgan fingerprint density at radius 3 is 2.87 bits per heavy atom. The third-order valence-corrected chi connectivity index (χ3v) is 2.30. The smallest absolute Gasteiger partial charge is 0.119 e. The standard InChI is InChI=1S/C12H18O3/c1-15-12-6-2-4-10(9-12)8-11(14)5-3-7-13/h2,4,6,9,11,13-14H,3,5,7-8H2,1H3/t11-/m1/s1. The lowest BCUT2D eigenvalue weighted by atomic mass is 10.0. The van der Waals surface area contributed by atoms with Gasteiger partial charge in [-0.15, -0.1) is 0 Å². The number of hydrogen-bond acceptors (Lipinski definition) is 3. The Morgan fingerprint density at radius 2 is 2.20 bits per heavy atom. The first kappa shape index (κ1) is 12.0. The number of rotatable bonds is 6. The predicted molar refractivity (Wildman–Crippen MR) is 59.0 cm³/mol. The highest BCUT2D eigenvalue weighted by atomic mass is 16.5. The second kappa shape index (κ2) is 6.43. The lowest BCUT2D eigenvalue weighted by Crippen LogP contribution is -2.11. The molecule has 1 aromatic rings. The van der Waals surface area contributed by atoms with Gasteiger partial charge < -0.3 is 14.9 Å². The summed E-state index contributed by atoms with van der Waals surface area (Å²) in [6.07, 6.45) is 1.50. The Balaban J connectivity index is 2.48. The first-order chi connectivity index (χ1) is 7.26. The summed E-state index contributed by atoms with van der Waals surface area (Å²) in [6.45, 7) is 0.134. The van der Waals surface area contributed by atoms with Crippen LogP contribution in [0.3, 0.4) is 0 Å². The average Bonchev–Trinajstić information content (AvgIpc) is 2.26. The molecule has 3 heteroatoms. The fraction of sp³-hybridized carbons (Fsp3) is 0.500. The van der Waals surface area contributed by atoms with Crippen LogP contribution in [0.5, 0.6) is 5.75 Å². The van der Waals surface area contributed by atoms with Crippen molar-refractivity contribution in [3.05, 3.63) is 29.8 Å². The largest absolute Gasteiger partial charge is 0.497 e. The van der Waals surface area contributed by atoms with Crippen molar-refractivity contribution >= 4 is 0 Å². The lowest BCUT2D eigenvalue weighted by molar-refractivity contribution is 0.150. The van der Waals surface area contributed by atoms with E-state index in [1.807, 2.05) is 24.3 Å². The van der Waals surface area contributed by atoms with E-state index in [-0.39, 0.29) is 12.7 Å². The van der Waals surface area contributed by atoms with E-state index in [2.05, 4.69) is 0 Å². The Kier molecular flexibility index (Phi) is 5.15. The molecule has 0 saturated heterocycles. The van der Waals surface area contributed by atoms with Crippen LogP contribution >= 0.6 is 0 Å². The van der Waals surface area contributed by atoms with E-state index in [0.29, 0.717) is 19.3 Å². The lowest BCUT2D eigenvalue weighted by Gasteiger charge is -2.10. The van der Waals surface area contributed by atoms with Crippen molar-refractivity contribution in [1.82, 2.24) is 0 Å². The molecule has 3 nitrogen and oxygen atoms in total. The van der Waals surface area contributed by atoms with Crippen molar-refractivity contribution in [3.8, 4) is 5.75 Å². The van der Waals surface area contributed by atoms with E-state index in [1.54, 1.807) is 7.11 Å². The summed E-state index contributed by atoms with van der Waals surface area (Å²) in [4.78, 5) is 0. The minimum atomic E-state index is -0.385. The maximum atomic E-state index is 9.65. The van der Waals surface area contributed by atoms with Crippen molar-refractivity contribution in [2.75, 3.05) is 13.7 Å². The fourth-order valence-corrected chi connectivity index (χ4v) is 1.50. The molecule has 0 radical (unpaired) electrons. The number of aliphatic hydroxyl groups is 2. The van der Waals surface area contributed by atoms with Gasteiger partial charge >= 0.3 is 0 Å². The zero-order valence-electron chi connectivity index (χ0n) is 9.02. The molecule has 0 saturated carbocycles. The van der Waals surface area contributed by atoms with Gasteiger partial charge in [0.1, 0.15) is 5.75 Å². The zero-order valence-corrected chi connectivity index (χ0v) is 9.02. The van der Waals surface area contributed by atoms with E-state index >= 15 is 0 Å². The van der Waals surface area contributed by atoms with Crippen LogP contribution in [0.15, 0.2) is 24.3 Å². The zero-order chi connectivity index (χ0) is 11.1. The molecule has 0 unspecified atom stereocenters. The van der Waals surface area contributed by atoms with Gasteiger partial charge in [0.2, 0.25) is 0 Å². The summed E-state index contributed by atoms with van der Waals surface area (Å²) in [6, 6.07) is 7.67. The number of benzene rings is 1. The molecule has 2 N–H and O–H groups in total. The fourth-order valence-electron chi connectivity index (χ4n) is 1.50. The van der Waals surface area contributed by atoms with E-state index < -0.39 is 0 Å². The quantitative estimate of drug-likeness (QED) is 0.745. The molecule has 0 fully saturated rings.